The largest absolute Gasteiger partial charge is 0.481 e. The summed E-state index contributed by atoms with van der Waals surface area (Å²) < 4.78 is 22.1. The van der Waals surface area contributed by atoms with Gasteiger partial charge >= 0.3 is 5.97 Å². The maximum Gasteiger partial charge on any atom is 0.307 e. The molecule has 0 aromatic carbocycles. The molecule has 1 fully saturated rings. The summed E-state index contributed by atoms with van der Waals surface area (Å²) in [4.78, 5) is 22.8. The monoisotopic (exact) mass is 277 g/mol. The summed E-state index contributed by atoms with van der Waals surface area (Å²) in [6, 6.07) is -0.515. The highest BCUT2D eigenvalue weighted by atomic mass is 32.2. The summed E-state index contributed by atoms with van der Waals surface area (Å²) >= 11 is 0. The fourth-order valence-electron chi connectivity index (χ4n) is 2.42. The first kappa shape index (κ1) is 14.9. The number of carboxylic acid groups (broad SMARTS) is 1. The van der Waals surface area contributed by atoms with Crippen LogP contribution in [0.5, 0.6) is 0 Å². The molecule has 0 bridgehead atoms. The van der Waals surface area contributed by atoms with Crippen LogP contribution in [0.1, 0.15) is 20.8 Å². The highest BCUT2D eigenvalue weighted by Crippen LogP contribution is 2.58. The minimum absolute atomic E-state index is 0.149. The normalized spacial score (nSPS) is 27.3. The van der Waals surface area contributed by atoms with Crippen LogP contribution in [0.15, 0.2) is 0 Å². The van der Waals surface area contributed by atoms with Gasteiger partial charge in [0.25, 0.3) is 0 Å². The smallest absolute Gasteiger partial charge is 0.307 e. The van der Waals surface area contributed by atoms with Crippen molar-refractivity contribution in [3.05, 3.63) is 0 Å². The number of aliphatic carboxylic acids is 1. The molecule has 0 spiro atoms. The van der Waals surface area contributed by atoms with Crippen LogP contribution in [-0.4, -0.2) is 43.5 Å². The highest BCUT2D eigenvalue weighted by Gasteiger charge is 2.65. The molecular weight excluding hydrogens is 258 g/mol. The van der Waals surface area contributed by atoms with Crippen molar-refractivity contribution in [1.82, 2.24) is 5.32 Å². The van der Waals surface area contributed by atoms with E-state index < -0.39 is 39.1 Å². The Bertz CT molecular complexity index is 468. The summed E-state index contributed by atoms with van der Waals surface area (Å²) in [7, 11) is -3.16. The van der Waals surface area contributed by atoms with Crippen LogP contribution in [0.25, 0.3) is 0 Å². The third kappa shape index (κ3) is 3.22. The maximum absolute atomic E-state index is 11.9. The number of rotatable bonds is 5. The molecule has 0 aromatic heterocycles. The molecule has 1 aliphatic rings. The second-order valence-electron chi connectivity index (χ2n) is 5.62. The van der Waals surface area contributed by atoms with Crippen molar-refractivity contribution in [1.29, 1.82) is 0 Å². The third-order valence-corrected chi connectivity index (χ3v) is 4.42. The zero-order valence-electron chi connectivity index (χ0n) is 10.9. The molecule has 1 saturated carbocycles. The topological polar surface area (TPSA) is 101 Å². The lowest BCUT2D eigenvalue weighted by molar-refractivity contribution is -0.140. The Morgan fingerprint density at radius 3 is 2.17 bits per heavy atom. The third-order valence-electron chi connectivity index (χ3n) is 3.32. The van der Waals surface area contributed by atoms with Crippen LogP contribution in [0, 0.1) is 17.3 Å². The Labute approximate surface area is 107 Å². The molecule has 0 saturated heterocycles. The van der Waals surface area contributed by atoms with E-state index in [1.807, 2.05) is 0 Å². The standard InChI is InChI=1S/C11H19NO5S/c1-6(5-18(4,16)17)12-9(13)7-8(10(14)15)11(7,2)3/h6-8H,5H2,1-4H3,(H,12,13)(H,14,15)/t6?,7-,8+/m1/s1. The quantitative estimate of drug-likeness (QED) is 0.730. The van der Waals surface area contributed by atoms with Gasteiger partial charge in [-0.05, 0) is 12.3 Å². The van der Waals surface area contributed by atoms with Gasteiger partial charge in [-0.2, -0.15) is 0 Å². The van der Waals surface area contributed by atoms with Crippen molar-refractivity contribution >= 4 is 21.7 Å². The predicted molar refractivity (Wildman–Crippen MR) is 65.7 cm³/mol. The van der Waals surface area contributed by atoms with Crippen LogP contribution in [0.3, 0.4) is 0 Å². The SMILES string of the molecule is CC(CS(C)(=O)=O)NC(=O)[C@H]1[C@@H](C(=O)O)C1(C)C. The zero-order valence-corrected chi connectivity index (χ0v) is 11.7. The zero-order chi connectivity index (χ0) is 14.3. The van der Waals surface area contributed by atoms with E-state index in [0.717, 1.165) is 6.26 Å². The molecule has 1 aliphatic carbocycles. The van der Waals surface area contributed by atoms with Crippen LogP contribution < -0.4 is 5.32 Å². The van der Waals surface area contributed by atoms with Crippen molar-refractivity contribution in [2.75, 3.05) is 12.0 Å². The van der Waals surface area contributed by atoms with Crippen LogP contribution in [-0.2, 0) is 19.4 Å². The molecule has 1 unspecified atom stereocenters. The van der Waals surface area contributed by atoms with E-state index in [4.69, 9.17) is 5.11 Å². The number of carbonyl (C=O) groups excluding carboxylic acids is 1. The summed E-state index contributed by atoms with van der Waals surface area (Å²) in [6.07, 6.45) is 1.09. The average molecular weight is 277 g/mol. The maximum atomic E-state index is 11.9. The molecule has 6 nitrogen and oxygen atoms in total. The van der Waals surface area contributed by atoms with E-state index in [0.29, 0.717) is 0 Å². The fourth-order valence-corrected chi connectivity index (χ4v) is 3.41. The van der Waals surface area contributed by atoms with Crippen LogP contribution in [0.2, 0.25) is 0 Å². The van der Waals surface area contributed by atoms with E-state index in [2.05, 4.69) is 5.32 Å². The van der Waals surface area contributed by atoms with Gasteiger partial charge in [0.15, 0.2) is 0 Å². The van der Waals surface area contributed by atoms with Gasteiger partial charge < -0.3 is 10.4 Å². The first-order valence-corrected chi connectivity index (χ1v) is 7.73. The summed E-state index contributed by atoms with van der Waals surface area (Å²) in [5.41, 5.74) is -0.569. The predicted octanol–water partition coefficient (Wildman–Crippen LogP) is -0.107. The minimum atomic E-state index is -3.16. The Hall–Kier alpha value is -1.11. The van der Waals surface area contributed by atoms with Gasteiger partial charge in [0.05, 0.1) is 17.6 Å². The van der Waals surface area contributed by atoms with Gasteiger partial charge in [0.2, 0.25) is 5.91 Å². The first-order chi connectivity index (χ1) is 7.97. The molecule has 2 N–H and O–H groups in total. The number of hydrogen-bond acceptors (Lipinski definition) is 4. The van der Waals surface area contributed by atoms with Crippen molar-refractivity contribution < 1.29 is 23.1 Å². The Kier molecular flexibility index (Phi) is 3.76. The first-order valence-electron chi connectivity index (χ1n) is 5.67. The van der Waals surface area contributed by atoms with E-state index in [9.17, 15) is 18.0 Å². The fraction of sp³-hybridized carbons (Fsp3) is 0.818. The molecule has 18 heavy (non-hydrogen) atoms. The lowest BCUT2D eigenvalue weighted by Crippen LogP contribution is -2.39. The molecule has 0 radical (unpaired) electrons. The number of carboxylic acids is 1. The molecule has 104 valence electrons. The Morgan fingerprint density at radius 1 is 1.33 bits per heavy atom. The molecular formula is C11H19NO5S. The number of carbonyl (C=O) groups is 2. The van der Waals surface area contributed by atoms with Crippen molar-refractivity contribution in [3.63, 3.8) is 0 Å². The van der Waals surface area contributed by atoms with Crippen molar-refractivity contribution in [2.45, 2.75) is 26.8 Å². The Morgan fingerprint density at radius 2 is 1.83 bits per heavy atom. The van der Waals surface area contributed by atoms with Gasteiger partial charge in [-0.25, -0.2) is 8.42 Å². The second-order valence-corrected chi connectivity index (χ2v) is 7.80. The highest BCUT2D eigenvalue weighted by molar-refractivity contribution is 7.90. The van der Waals surface area contributed by atoms with Gasteiger partial charge in [-0.15, -0.1) is 0 Å². The minimum Gasteiger partial charge on any atom is -0.481 e. The summed E-state index contributed by atoms with van der Waals surface area (Å²) in [6.45, 7) is 5.03. The van der Waals surface area contributed by atoms with Gasteiger partial charge in [-0.1, -0.05) is 13.8 Å². The number of hydrogen-bond donors (Lipinski definition) is 2. The van der Waals surface area contributed by atoms with Crippen molar-refractivity contribution in [2.24, 2.45) is 17.3 Å². The van der Waals surface area contributed by atoms with Crippen LogP contribution in [0.4, 0.5) is 0 Å². The molecule has 7 heteroatoms. The molecule has 0 aliphatic heterocycles. The molecule has 3 atom stereocenters. The lowest BCUT2D eigenvalue weighted by atomic mass is 10.1. The number of sulfone groups is 1. The number of nitrogens with one attached hydrogen (secondary N) is 1. The summed E-state index contributed by atoms with van der Waals surface area (Å²) in [5.74, 6) is -2.80. The van der Waals surface area contributed by atoms with E-state index in [-0.39, 0.29) is 11.7 Å². The van der Waals surface area contributed by atoms with Crippen LogP contribution >= 0.6 is 0 Å². The number of amides is 1. The average Bonchev–Trinajstić information content (AvgIpc) is 2.64. The van der Waals surface area contributed by atoms with E-state index in [1.165, 1.54) is 0 Å². The van der Waals surface area contributed by atoms with Gasteiger partial charge in [0, 0.05) is 12.3 Å². The Balaban J connectivity index is 2.61. The lowest BCUT2D eigenvalue weighted by Gasteiger charge is -2.13. The molecule has 1 amide bonds. The van der Waals surface area contributed by atoms with E-state index >= 15 is 0 Å². The second kappa shape index (κ2) is 4.53. The van der Waals surface area contributed by atoms with E-state index in [1.54, 1.807) is 20.8 Å². The molecule has 0 aromatic rings. The summed E-state index contributed by atoms with van der Waals surface area (Å²) in [5, 5.41) is 11.5. The molecule has 0 heterocycles. The van der Waals surface area contributed by atoms with Gasteiger partial charge in [-0.3, -0.25) is 9.59 Å². The molecule has 1 rings (SSSR count). The van der Waals surface area contributed by atoms with Crippen molar-refractivity contribution in [3.8, 4) is 0 Å². The van der Waals surface area contributed by atoms with Gasteiger partial charge in [0.1, 0.15) is 9.84 Å².